The second-order valence-electron chi connectivity index (χ2n) is 4.84. The maximum atomic E-state index is 5.60. The molecule has 0 aliphatic heterocycles. The van der Waals surface area contributed by atoms with Crippen LogP contribution in [-0.4, -0.2) is 24.7 Å². The second-order valence-corrected chi connectivity index (χ2v) is 4.84. The third-order valence-corrected chi connectivity index (χ3v) is 3.34. The van der Waals surface area contributed by atoms with Gasteiger partial charge in [0, 0.05) is 12.2 Å². The fourth-order valence-corrected chi connectivity index (χ4v) is 2.30. The van der Waals surface area contributed by atoms with E-state index < -0.39 is 0 Å². The van der Waals surface area contributed by atoms with E-state index in [-0.39, 0.29) is 0 Å². The normalized spacial score (nSPS) is 16.3. The van der Waals surface area contributed by atoms with Crippen LogP contribution in [0.2, 0.25) is 0 Å². The molecular formula is C14H22N2O. The Labute approximate surface area is 104 Å². The zero-order valence-corrected chi connectivity index (χ0v) is 10.6. The Morgan fingerprint density at radius 3 is 2.88 bits per heavy atom. The fraction of sp³-hybridized carbons (Fsp3) is 0.643. The van der Waals surface area contributed by atoms with Crippen molar-refractivity contribution in [1.82, 2.24) is 10.3 Å². The molecule has 1 aliphatic carbocycles. The molecule has 1 heterocycles. The fourth-order valence-electron chi connectivity index (χ4n) is 2.30. The van der Waals surface area contributed by atoms with Crippen molar-refractivity contribution in [3.63, 3.8) is 0 Å². The van der Waals surface area contributed by atoms with Gasteiger partial charge in [-0.05, 0) is 44.4 Å². The summed E-state index contributed by atoms with van der Waals surface area (Å²) in [6, 6.07) is 3.95. The van der Waals surface area contributed by atoms with Crippen LogP contribution in [0.3, 0.4) is 0 Å². The van der Waals surface area contributed by atoms with E-state index >= 15 is 0 Å². The number of nitrogens with one attached hydrogen (secondary N) is 1. The Morgan fingerprint density at radius 1 is 1.35 bits per heavy atom. The van der Waals surface area contributed by atoms with Crippen molar-refractivity contribution in [2.24, 2.45) is 5.92 Å². The van der Waals surface area contributed by atoms with Crippen LogP contribution in [0, 0.1) is 12.8 Å². The van der Waals surface area contributed by atoms with Crippen molar-refractivity contribution in [1.29, 1.82) is 0 Å². The maximum absolute atomic E-state index is 5.60. The van der Waals surface area contributed by atoms with E-state index in [9.17, 15) is 0 Å². The molecule has 0 amide bonds. The lowest BCUT2D eigenvalue weighted by atomic mass is 10.1. The minimum absolute atomic E-state index is 0.720. The summed E-state index contributed by atoms with van der Waals surface area (Å²) in [7, 11) is 0. The molecule has 0 bridgehead atoms. The number of aryl methyl sites for hydroxylation is 1. The molecule has 0 radical (unpaired) electrons. The lowest BCUT2D eigenvalue weighted by Crippen LogP contribution is -2.26. The minimum atomic E-state index is 0.720. The maximum Gasteiger partial charge on any atom is 0.137 e. The Hall–Kier alpha value is -1.09. The molecule has 3 heteroatoms. The number of hydrogen-bond donors (Lipinski definition) is 1. The zero-order chi connectivity index (χ0) is 11.9. The van der Waals surface area contributed by atoms with Crippen molar-refractivity contribution in [2.75, 3.05) is 19.7 Å². The Morgan fingerprint density at radius 2 is 2.18 bits per heavy atom. The van der Waals surface area contributed by atoms with Crippen molar-refractivity contribution in [2.45, 2.75) is 32.6 Å². The van der Waals surface area contributed by atoms with Gasteiger partial charge in [-0.15, -0.1) is 0 Å². The highest BCUT2D eigenvalue weighted by atomic mass is 16.5. The highest BCUT2D eigenvalue weighted by Crippen LogP contribution is 2.23. The lowest BCUT2D eigenvalue weighted by Gasteiger charge is -2.11. The first-order chi connectivity index (χ1) is 8.34. The first-order valence-electron chi connectivity index (χ1n) is 6.61. The van der Waals surface area contributed by atoms with Crippen LogP contribution in [0.25, 0.3) is 0 Å². The Balaban J connectivity index is 1.55. The molecule has 3 nitrogen and oxygen atoms in total. The average molecular weight is 234 g/mol. The van der Waals surface area contributed by atoms with Crippen LogP contribution in [-0.2, 0) is 0 Å². The Bertz CT molecular complexity index is 317. The van der Waals surface area contributed by atoms with Gasteiger partial charge in [-0.25, -0.2) is 0 Å². The molecule has 0 aromatic carbocycles. The van der Waals surface area contributed by atoms with Crippen LogP contribution in [0.5, 0.6) is 5.75 Å². The third kappa shape index (κ3) is 4.35. The van der Waals surface area contributed by atoms with Gasteiger partial charge < -0.3 is 10.1 Å². The summed E-state index contributed by atoms with van der Waals surface area (Å²) in [5.41, 5.74) is 1.02. The average Bonchev–Trinajstić information content (AvgIpc) is 2.84. The van der Waals surface area contributed by atoms with Gasteiger partial charge in [0.1, 0.15) is 12.4 Å². The van der Waals surface area contributed by atoms with E-state index in [0.717, 1.165) is 37.1 Å². The van der Waals surface area contributed by atoms with Gasteiger partial charge in [-0.2, -0.15) is 0 Å². The number of aromatic nitrogens is 1. The summed E-state index contributed by atoms with van der Waals surface area (Å²) in [4.78, 5) is 4.20. The minimum Gasteiger partial charge on any atom is -0.491 e. The van der Waals surface area contributed by atoms with Gasteiger partial charge in [-0.3, -0.25) is 4.98 Å². The van der Waals surface area contributed by atoms with Crippen LogP contribution < -0.4 is 10.1 Å². The molecule has 1 aliphatic rings. The van der Waals surface area contributed by atoms with Gasteiger partial charge in [0.25, 0.3) is 0 Å². The van der Waals surface area contributed by atoms with E-state index in [1.807, 2.05) is 19.1 Å². The third-order valence-electron chi connectivity index (χ3n) is 3.34. The summed E-state index contributed by atoms with van der Waals surface area (Å²) >= 11 is 0. The predicted octanol–water partition coefficient (Wildman–Crippen LogP) is 2.55. The van der Waals surface area contributed by atoms with Crippen LogP contribution in [0.1, 0.15) is 31.4 Å². The van der Waals surface area contributed by atoms with Crippen LogP contribution in [0.4, 0.5) is 0 Å². The molecule has 1 fully saturated rings. The molecule has 94 valence electrons. The lowest BCUT2D eigenvalue weighted by molar-refractivity contribution is 0.307. The summed E-state index contributed by atoms with van der Waals surface area (Å²) < 4.78 is 5.60. The SMILES string of the molecule is Cc1ccc(OCCNCC2CCCC2)cn1. The molecule has 1 aromatic rings. The van der Waals surface area contributed by atoms with Crippen molar-refractivity contribution >= 4 is 0 Å². The quantitative estimate of drug-likeness (QED) is 0.768. The number of ether oxygens (including phenoxy) is 1. The monoisotopic (exact) mass is 234 g/mol. The number of rotatable bonds is 6. The standard InChI is InChI=1S/C14H22N2O/c1-12-6-7-14(11-16-12)17-9-8-15-10-13-4-2-3-5-13/h6-7,11,13,15H,2-5,8-10H2,1H3. The molecule has 0 atom stereocenters. The largest absolute Gasteiger partial charge is 0.491 e. The molecule has 17 heavy (non-hydrogen) atoms. The Kier molecular flexibility index (Phi) is 4.80. The van der Waals surface area contributed by atoms with Gasteiger partial charge in [0.2, 0.25) is 0 Å². The van der Waals surface area contributed by atoms with Gasteiger partial charge >= 0.3 is 0 Å². The number of hydrogen-bond acceptors (Lipinski definition) is 3. The van der Waals surface area contributed by atoms with Gasteiger partial charge in [0.05, 0.1) is 6.20 Å². The van der Waals surface area contributed by atoms with E-state index in [2.05, 4.69) is 10.3 Å². The first-order valence-corrected chi connectivity index (χ1v) is 6.61. The first kappa shape index (κ1) is 12.4. The highest BCUT2D eigenvalue weighted by molar-refractivity contribution is 5.18. The molecular weight excluding hydrogens is 212 g/mol. The summed E-state index contributed by atoms with van der Waals surface area (Å²) in [6.07, 6.45) is 7.41. The predicted molar refractivity (Wildman–Crippen MR) is 69.3 cm³/mol. The molecule has 0 saturated heterocycles. The summed E-state index contributed by atoms with van der Waals surface area (Å²) in [5.74, 6) is 1.76. The van der Waals surface area contributed by atoms with Crippen molar-refractivity contribution < 1.29 is 4.74 Å². The second kappa shape index (κ2) is 6.60. The van der Waals surface area contributed by atoms with Crippen molar-refractivity contribution in [3.05, 3.63) is 24.0 Å². The van der Waals surface area contributed by atoms with E-state index in [1.54, 1.807) is 6.20 Å². The van der Waals surface area contributed by atoms with Gasteiger partial charge in [0.15, 0.2) is 0 Å². The highest BCUT2D eigenvalue weighted by Gasteiger charge is 2.13. The molecule has 2 rings (SSSR count). The molecule has 1 saturated carbocycles. The van der Waals surface area contributed by atoms with Crippen LogP contribution >= 0.6 is 0 Å². The topological polar surface area (TPSA) is 34.1 Å². The molecule has 0 spiro atoms. The molecule has 1 N–H and O–H groups in total. The van der Waals surface area contributed by atoms with Crippen LogP contribution in [0.15, 0.2) is 18.3 Å². The van der Waals surface area contributed by atoms with Gasteiger partial charge in [-0.1, -0.05) is 12.8 Å². The van der Waals surface area contributed by atoms with Crippen molar-refractivity contribution in [3.8, 4) is 5.75 Å². The van der Waals surface area contributed by atoms with E-state index in [0.29, 0.717) is 0 Å². The molecule has 0 unspecified atom stereocenters. The zero-order valence-electron chi connectivity index (χ0n) is 10.6. The summed E-state index contributed by atoms with van der Waals surface area (Å²) in [5, 5.41) is 3.46. The van der Waals surface area contributed by atoms with E-state index in [4.69, 9.17) is 4.74 Å². The number of nitrogens with zero attached hydrogens (tertiary/aromatic N) is 1. The molecule has 1 aromatic heterocycles. The number of pyridine rings is 1. The smallest absolute Gasteiger partial charge is 0.137 e. The van der Waals surface area contributed by atoms with E-state index in [1.165, 1.54) is 25.7 Å². The summed E-state index contributed by atoms with van der Waals surface area (Å²) in [6.45, 7) is 4.77.